The number of ether oxygens (including phenoxy) is 3. The molecule has 8 heteroatoms. The molecule has 0 aromatic rings. The van der Waals surface area contributed by atoms with Crippen molar-refractivity contribution in [1.82, 2.24) is 5.48 Å². The van der Waals surface area contributed by atoms with Gasteiger partial charge in [-0.15, -0.1) is 0 Å². The molecule has 0 aromatic carbocycles. The summed E-state index contributed by atoms with van der Waals surface area (Å²) in [5.74, 6) is -1.72. The number of hydroxylamine groups is 1. The number of nitrogens with one attached hydrogen (secondary N) is 1. The molecule has 0 amide bonds. The first kappa shape index (κ1) is 14.4. The predicted octanol–water partition coefficient (Wildman–Crippen LogP) is -0.726. The summed E-state index contributed by atoms with van der Waals surface area (Å²) >= 11 is 0. The average Bonchev–Trinajstić information content (AvgIpc) is 2.20. The SMILES string of the molecule is CC(=O)OC1CONC(OC(C)=O)C1OC(C)=O. The van der Waals surface area contributed by atoms with Crippen molar-refractivity contribution in [2.24, 2.45) is 0 Å². The summed E-state index contributed by atoms with van der Waals surface area (Å²) in [5.41, 5.74) is 2.40. The molecular weight excluding hydrogens is 246 g/mol. The van der Waals surface area contributed by atoms with Crippen LogP contribution in [0.4, 0.5) is 0 Å². The third-order valence-electron chi connectivity index (χ3n) is 2.02. The van der Waals surface area contributed by atoms with E-state index in [0.717, 1.165) is 0 Å². The van der Waals surface area contributed by atoms with Gasteiger partial charge < -0.3 is 14.2 Å². The Bertz CT molecular complexity index is 319. The van der Waals surface area contributed by atoms with Gasteiger partial charge in [0, 0.05) is 20.8 Å². The van der Waals surface area contributed by atoms with E-state index >= 15 is 0 Å². The molecule has 3 unspecified atom stereocenters. The molecule has 0 aromatic heterocycles. The van der Waals surface area contributed by atoms with E-state index in [2.05, 4.69) is 5.48 Å². The third-order valence-corrected chi connectivity index (χ3v) is 2.02. The van der Waals surface area contributed by atoms with E-state index in [1.165, 1.54) is 20.8 Å². The fraction of sp³-hybridized carbons (Fsp3) is 0.700. The van der Waals surface area contributed by atoms with Gasteiger partial charge in [0.2, 0.25) is 6.23 Å². The maximum atomic E-state index is 11.0. The van der Waals surface area contributed by atoms with Gasteiger partial charge in [-0.2, -0.15) is 5.48 Å². The summed E-state index contributed by atoms with van der Waals surface area (Å²) in [4.78, 5) is 37.7. The molecule has 18 heavy (non-hydrogen) atoms. The summed E-state index contributed by atoms with van der Waals surface area (Å²) in [7, 11) is 0. The number of hydrogen-bond acceptors (Lipinski definition) is 8. The quantitative estimate of drug-likeness (QED) is 0.524. The Morgan fingerprint density at radius 3 is 2.06 bits per heavy atom. The average molecular weight is 261 g/mol. The molecule has 102 valence electrons. The van der Waals surface area contributed by atoms with Gasteiger partial charge in [0.15, 0.2) is 12.2 Å². The number of hydrogen-bond donors (Lipinski definition) is 1. The lowest BCUT2D eigenvalue weighted by Crippen LogP contribution is -2.58. The van der Waals surface area contributed by atoms with Crippen molar-refractivity contribution in [2.45, 2.75) is 39.2 Å². The van der Waals surface area contributed by atoms with Gasteiger partial charge in [-0.1, -0.05) is 0 Å². The first-order chi connectivity index (χ1) is 8.40. The molecular formula is C10H15NO7. The van der Waals surface area contributed by atoms with Crippen LogP contribution in [0.5, 0.6) is 0 Å². The summed E-state index contributed by atoms with van der Waals surface area (Å²) in [6.45, 7) is 3.59. The van der Waals surface area contributed by atoms with E-state index in [0.29, 0.717) is 0 Å². The topological polar surface area (TPSA) is 100 Å². The normalized spacial score (nSPS) is 27.2. The summed E-state index contributed by atoms with van der Waals surface area (Å²) in [6.07, 6.45) is -2.81. The Morgan fingerprint density at radius 1 is 1.00 bits per heavy atom. The molecule has 0 aliphatic carbocycles. The Balaban J connectivity index is 2.78. The molecule has 0 saturated carbocycles. The standard InChI is InChI=1S/C10H15NO7/c1-5(12)16-8-4-15-11-10(18-7(3)14)9(8)17-6(2)13/h8-11H,4H2,1-3H3. The summed E-state index contributed by atoms with van der Waals surface area (Å²) in [5, 5.41) is 0. The predicted molar refractivity (Wildman–Crippen MR) is 55.7 cm³/mol. The Kier molecular flexibility index (Phi) is 5.05. The van der Waals surface area contributed by atoms with Crippen LogP contribution in [0.3, 0.4) is 0 Å². The van der Waals surface area contributed by atoms with Gasteiger partial charge in [-0.05, 0) is 0 Å². The van der Waals surface area contributed by atoms with Crippen LogP contribution < -0.4 is 5.48 Å². The molecule has 1 aliphatic heterocycles. The van der Waals surface area contributed by atoms with Crippen molar-refractivity contribution < 1.29 is 33.4 Å². The zero-order valence-corrected chi connectivity index (χ0v) is 10.3. The third kappa shape index (κ3) is 4.30. The minimum atomic E-state index is -1.02. The first-order valence-electron chi connectivity index (χ1n) is 5.29. The fourth-order valence-corrected chi connectivity index (χ4v) is 1.48. The minimum Gasteiger partial charge on any atom is -0.456 e. The van der Waals surface area contributed by atoms with Crippen molar-refractivity contribution in [2.75, 3.05) is 6.61 Å². The molecule has 8 nitrogen and oxygen atoms in total. The van der Waals surface area contributed by atoms with Gasteiger partial charge in [-0.3, -0.25) is 19.2 Å². The molecule has 0 spiro atoms. The Labute approximate surface area is 103 Å². The van der Waals surface area contributed by atoms with Crippen LogP contribution in [0.2, 0.25) is 0 Å². The van der Waals surface area contributed by atoms with E-state index in [1.807, 2.05) is 0 Å². The monoisotopic (exact) mass is 261 g/mol. The van der Waals surface area contributed by atoms with Gasteiger partial charge in [-0.25, -0.2) is 0 Å². The lowest BCUT2D eigenvalue weighted by molar-refractivity contribution is -0.234. The highest BCUT2D eigenvalue weighted by molar-refractivity contribution is 5.68. The van der Waals surface area contributed by atoms with E-state index in [4.69, 9.17) is 19.0 Å². The van der Waals surface area contributed by atoms with Crippen molar-refractivity contribution >= 4 is 17.9 Å². The van der Waals surface area contributed by atoms with Crippen molar-refractivity contribution in [3.8, 4) is 0 Å². The zero-order valence-electron chi connectivity index (χ0n) is 10.3. The van der Waals surface area contributed by atoms with Crippen LogP contribution in [0, 0.1) is 0 Å². The minimum absolute atomic E-state index is 0.0186. The van der Waals surface area contributed by atoms with E-state index in [9.17, 15) is 14.4 Å². The maximum Gasteiger partial charge on any atom is 0.304 e. The lowest BCUT2D eigenvalue weighted by atomic mass is 10.1. The van der Waals surface area contributed by atoms with Crippen molar-refractivity contribution in [3.05, 3.63) is 0 Å². The molecule has 1 N–H and O–H groups in total. The van der Waals surface area contributed by atoms with E-state index in [1.54, 1.807) is 0 Å². The van der Waals surface area contributed by atoms with Gasteiger partial charge >= 0.3 is 17.9 Å². The number of carbonyl (C=O) groups excluding carboxylic acids is 3. The Hall–Kier alpha value is -1.67. The molecule has 1 heterocycles. The number of rotatable bonds is 3. The first-order valence-corrected chi connectivity index (χ1v) is 5.29. The highest BCUT2D eigenvalue weighted by Crippen LogP contribution is 2.16. The van der Waals surface area contributed by atoms with Crippen molar-refractivity contribution in [3.63, 3.8) is 0 Å². The molecule has 1 rings (SSSR count). The van der Waals surface area contributed by atoms with Crippen LogP contribution in [-0.2, 0) is 33.4 Å². The van der Waals surface area contributed by atoms with Crippen molar-refractivity contribution in [1.29, 1.82) is 0 Å². The summed E-state index contributed by atoms with van der Waals surface area (Å²) in [6, 6.07) is 0. The van der Waals surface area contributed by atoms with Gasteiger partial charge in [0.1, 0.15) is 6.61 Å². The molecule has 1 aliphatic rings. The largest absolute Gasteiger partial charge is 0.456 e. The molecule has 3 atom stereocenters. The highest BCUT2D eigenvalue weighted by Gasteiger charge is 2.41. The second kappa shape index (κ2) is 6.31. The lowest BCUT2D eigenvalue weighted by Gasteiger charge is -2.35. The number of carbonyl (C=O) groups is 3. The Morgan fingerprint density at radius 2 is 1.56 bits per heavy atom. The molecule has 0 bridgehead atoms. The smallest absolute Gasteiger partial charge is 0.304 e. The van der Waals surface area contributed by atoms with Crippen LogP contribution in [0.15, 0.2) is 0 Å². The molecule has 1 fully saturated rings. The van der Waals surface area contributed by atoms with E-state index in [-0.39, 0.29) is 6.61 Å². The maximum absolute atomic E-state index is 11.0. The second-order valence-electron chi connectivity index (χ2n) is 3.68. The van der Waals surface area contributed by atoms with Crippen LogP contribution in [0.25, 0.3) is 0 Å². The van der Waals surface area contributed by atoms with E-state index < -0.39 is 36.3 Å². The van der Waals surface area contributed by atoms with Crippen LogP contribution >= 0.6 is 0 Å². The van der Waals surface area contributed by atoms with Crippen LogP contribution in [-0.4, -0.2) is 43.0 Å². The highest BCUT2D eigenvalue weighted by atomic mass is 16.7. The van der Waals surface area contributed by atoms with Gasteiger partial charge in [0.25, 0.3) is 0 Å². The molecule has 1 saturated heterocycles. The fourth-order valence-electron chi connectivity index (χ4n) is 1.48. The molecule has 0 radical (unpaired) electrons. The number of esters is 3. The van der Waals surface area contributed by atoms with Gasteiger partial charge in [0.05, 0.1) is 0 Å². The van der Waals surface area contributed by atoms with Crippen LogP contribution in [0.1, 0.15) is 20.8 Å². The zero-order chi connectivity index (χ0) is 13.7. The second-order valence-corrected chi connectivity index (χ2v) is 3.68. The summed E-state index contributed by atoms with van der Waals surface area (Å²) < 4.78 is 14.8.